The molecule has 2 unspecified atom stereocenters. The molecular formula is C15H32N2O2. The Hall–Kier alpha value is -0.160. The fraction of sp³-hybridized carbons (Fsp3) is 1.00. The second kappa shape index (κ2) is 6.08. The third-order valence-corrected chi connectivity index (χ3v) is 4.40. The first-order valence-corrected chi connectivity index (χ1v) is 7.30. The van der Waals surface area contributed by atoms with E-state index < -0.39 is 0 Å². The van der Waals surface area contributed by atoms with E-state index in [-0.39, 0.29) is 17.2 Å². The molecule has 1 aliphatic rings. The van der Waals surface area contributed by atoms with Gasteiger partial charge in [0, 0.05) is 38.2 Å². The molecule has 0 spiro atoms. The van der Waals surface area contributed by atoms with Crippen LogP contribution in [-0.2, 0) is 9.47 Å². The van der Waals surface area contributed by atoms with Gasteiger partial charge in [0.05, 0.1) is 17.8 Å². The second-order valence-electron chi connectivity index (χ2n) is 7.02. The van der Waals surface area contributed by atoms with E-state index in [2.05, 4.69) is 46.4 Å². The molecular weight excluding hydrogens is 240 g/mol. The van der Waals surface area contributed by atoms with Gasteiger partial charge in [-0.1, -0.05) is 0 Å². The Morgan fingerprint density at radius 2 is 1.79 bits per heavy atom. The minimum Gasteiger partial charge on any atom is -0.383 e. The molecule has 0 bridgehead atoms. The van der Waals surface area contributed by atoms with E-state index >= 15 is 0 Å². The maximum Gasteiger partial charge on any atom is 0.0788 e. The van der Waals surface area contributed by atoms with Crippen molar-refractivity contribution in [1.29, 1.82) is 0 Å². The molecule has 4 heteroatoms. The summed E-state index contributed by atoms with van der Waals surface area (Å²) in [6, 6.07) is 0.549. The average Bonchev–Trinajstić information content (AvgIpc) is 2.40. The summed E-state index contributed by atoms with van der Waals surface area (Å²) < 4.78 is 11.4. The van der Waals surface area contributed by atoms with E-state index in [0.717, 1.165) is 19.7 Å². The molecule has 114 valence electrons. The lowest BCUT2D eigenvalue weighted by molar-refractivity contribution is -0.0792. The lowest BCUT2D eigenvalue weighted by Gasteiger charge is -2.35. The van der Waals surface area contributed by atoms with Crippen molar-refractivity contribution < 1.29 is 9.47 Å². The normalized spacial score (nSPS) is 29.4. The van der Waals surface area contributed by atoms with Gasteiger partial charge in [0.1, 0.15) is 0 Å². The first kappa shape index (κ1) is 16.9. The SMILES string of the molecule is COCCN(CC1C(N)C(C)(C)OC1(C)C)C(C)C. The number of nitrogens with zero attached hydrogens (tertiary/aromatic N) is 1. The molecule has 4 nitrogen and oxygen atoms in total. The Labute approximate surface area is 118 Å². The zero-order valence-electron chi connectivity index (χ0n) is 13.7. The Kier molecular flexibility index (Phi) is 5.41. The molecule has 1 heterocycles. The largest absolute Gasteiger partial charge is 0.383 e. The van der Waals surface area contributed by atoms with Crippen LogP contribution in [-0.4, -0.2) is 55.0 Å². The number of rotatable bonds is 6. The maximum absolute atomic E-state index is 6.43. The highest BCUT2D eigenvalue weighted by molar-refractivity contribution is 5.04. The van der Waals surface area contributed by atoms with Crippen molar-refractivity contribution in [2.24, 2.45) is 11.7 Å². The fourth-order valence-electron chi connectivity index (χ4n) is 3.09. The van der Waals surface area contributed by atoms with Gasteiger partial charge < -0.3 is 15.2 Å². The van der Waals surface area contributed by atoms with Crippen LogP contribution < -0.4 is 5.73 Å². The van der Waals surface area contributed by atoms with Gasteiger partial charge in [-0.25, -0.2) is 0 Å². The minimum absolute atomic E-state index is 0.0614. The molecule has 19 heavy (non-hydrogen) atoms. The van der Waals surface area contributed by atoms with Gasteiger partial charge in [0.25, 0.3) is 0 Å². The Morgan fingerprint density at radius 3 is 2.16 bits per heavy atom. The number of ether oxygens (including phenoxy) is 2. The molecule has 2 atom stereocenters. The molecule has 0 amide bonds. The van der Waals surface area contributed by atoms with E-state index in [1.54, 1.807) is 7.11 Å². The Bertz CT molecular complexity index is 290. The van der Waals surface area contributed by atoms with Gasteiger partial charge in [0.2, 0.25) is 0 Å². The summed E-state index contributed by atoms with van der Waals surface area (Å²) in [7, 11) is 1.75. The van der Waals surface area contributed by atoms with E-state index in [9.17, 15) is 0 Å². The number of hydrogen-bond acceptors (Lipinski definition) is 4. The van der Waals surface area contributed by atoms with Crippen LogP contribution in [0.2, 0.25) is 0 Å². The first-order valence-electron chi connectivity index (χ1n) is 7.30. The van der Waals surface area contributed by atoms with Crippen LogP contribution in [0.25, 0.3) is 0 Å². The fourth-order valence-corrected chi connectivity index (χ4v) is 3.09. The van der Waals surface area contributed by atoms with Gasteiger partial charge >= 0.3 is 0 Å². The van der Waals surface area contributed by atoms with Crippen molar-refractivity contribution in [3.63, 3.8) is 0 Å². The summed E-state index contributed by atoms with van der Waals surface area (Å²) >= 11 is 0. The topological polar surface area (TPSA) is 47.7 Å². The van der Waals surface area contributed by atoms with E-state index in [0.29, 0.717) is 12.0 Å². The maximum atomic E-state index is 6.43. The molecule has 1 rings (SSSR count). The highest BCUT2D eigenvalue weighted by atomic mass is 16.5. The molecule has 1 fully saturated rings. The van der Waals surface area contributed by atoms with Crippen LogP contribution in [0, 0.1) is 5.92 Å². The minimum atomic E-state index is -0.252. The summed E-state index contributed by atoms with van der Waals surface area (Å²) in [5.41, 5.74) is 6.00. The molecule has 0 saturated carbocycles. The van der Waals surface area contributed by atoms with Crippen LogP contribution in [0.4, 0.5) is 0 Å². The number of nitrogens with two attached hydrogens (primary N) is 1. The summed E-state index contributed by atoms with van der Waals surface area (Å²) in [6.07, 6.45) is 0. The van der Waals surface area contributed by atoms with Crippen molar-refractivity contribution in [2.75, 3.05) is 26.8 Å². The standard InChI is InChI=1S/C15H32N2O2/c1-11(2)17(8-9-18-7)10-12-13(16)15(5,6)19-14(12,3)4/h11-13H,8-10,16H2,1-7H3. The van der Waals surface area contributed by atoms with Crippen molar-refractivity contribution >= 4 is 0 Å². The first-order chi connectivity index (χ1) is 8.62. The molecule has 1 aliphatic heterocycles. The number of hydrogen-bond donors (Lipinski definition) is 1. The zero-order chi connectivity index (χ0) is 14.8. The summed E-state index contributed by atoms with van der Waals surface area (Å²) in [5.74, 6) is 0.335. The lowest BCUT2D eigenvalue weighted by Crippen LogP contribution is -2.50. The van der Waals surface area contributed by atoms with Crippen molar-refractivity contribution in [1.82, 2.24) is 4.90 Å². The summed E-state index contributed by atoms with van der Waals surface area (Å²) in [5, 5.41) is 0. The molecule has 0 radical (unpaired) electrons. The molecule has 0 aliphatic carbocycles. The monoisotopic (exact) mass is 272 g/mol. The summed E-state index contributed by atoms with van der Waals surface area (Å²) in [4.78, 5) is 2.43. The van der Waals surface area contributed by atoms with Crippen LogP contribution in [0.1, 0.15) is 41.5 Å². The van der Waals surface area contributed by atoms with Gasteiger partial charge in [0.15, 0.2) is 0 Å². The van der Waals surface area contributed by atoms with Crippen molar-refractivity contribution in [3.8, 4) is 0 Å². The molecule has 0 aromatic rings. The smallest absolute Gasteiger partial charge is 0.0788 e. The van der Waals surface area contributed by atoms with Gasteiger partial charge in [-0.15, -0.1) is 0 Å². The summed E-state index contributed by atoms with van der Waals surface area (Å²) in [6.45, 7) is 15.6. The van der Waals surface area contributed by atoms with Crippen molar-refractivity contribution in [3.05, 3.63) is 0 Å². The highest BCUT2D eigenvalue weighted by Gasteiger charge is 2.52. The van der Waals surface area contributed by atoms with E-state index in [4.69, 9.17) is 15.2 Å². The zero-order valence-corrected chi connectivity index (χ0v) is 13.7. The van der Waals surface area contributed by atoms with Crippen LogP contribution in [0.15, 0.2) is 0 Å². The molecule has 0 aromatic heterocycles. The third kappa shape index (κ3) is 3.91. The highest BCUT2D eigenvalue weighted by Crippen LogP contribution is 2.41. The molecule has 1 saturated heterocycles. The van der Waals surface area contributed by atoms with Crippen LogP contribution >= 0.6 is 0 Å². The second-order valence-corrected chi connectivity index (χ2v) is 7.02. The van der Waals surface area contributed by atoms with E-state index in [1.807, 2.05) is 0 Å². The van der Waals surface area contributed by atoms with Gasteiger partial charge in [-0.2, -0.15) is 0 Å². The van der Waals surface area contributed by atoms with Gasteiger partial charge in [-0.3, -0.25) is 4.90 Å². The third-order valence-electron chi connectivity index (χ3n) is 4.40. The Balaban J connectivity index is 2.77. The Morgan fingerprint density at radius 1 is 1.21 bits per heavy atom. The van der Waals surface area contributed by atoms with Crippen LogP contribution in [0.3, 0.4) is 0 Å². The lowest BCUT2D eigenvalue weighted by atomic mass is 9.82. The quantitative estimate of drug-likeness (QED) is 0.802. The van der Waals surface area contributed by atoms with E-state index in [1.165, 1.54) is 0 Å². The number of methoxy groups -OCH3 is 1. The predicted molar refractivity (Wildman–Crippen MR) is 79.3 cm³/mol. The predicted octanol–water partition coefficient (Wildman–Crippen LogP) is 1.87. The van der Waals surface area contributed by atoms with Crippen molar-refractivity contribution in [2.45, 2.75) is 64.8 Å². The molecule has 2 N–H and O–H groups in total. The molecule has 0 aromatic carbocycles. The van der Waals surface area contributed by atoms with Gasteiger partial charge in [-0.05, 0) is 41.5 Å². The van der Waals surface area contributed by atoms with Crippen LogP contribution in [0.5, 0.6) is 0 Å². The average molecular weight is 272 g/mol.